The van der Waals surface area contributed by atoms with Crippen LogP contribution in [0.15, 0.2) is 24.3 Å². The number of rotatable bonds is 3. The van der Waals surface area contributed by atoms with Crippen molar-refractivity contribution >= 4 is 6.09 Å². The van der Waals surface area contributed by atoms with Gasteiger partial charge < -0.3 is 10.1 Å². The first-order valence-electron chi connectivity index (χ1n) is 6.31. The molecular formula is C15H23NO2. The van der Waals surface area contributed by atoms with Crippen molar-refractivity contribution in [3.63, 3.8) is 0 Å². The molecule has 0 aliphatic carbocycles. The van der Waals surface area contributed by atoms with E-state index in [-0.39, 0.29) is 12.0 Å². The molecule has 0 fully saturated rings. The smallest absolute Gasteiger partial charge is 0.407 e. The van der Waals surface area contributed by atoms with E-state index in [1.54, 1.807) is 0 Å². The molecule has 0 saturated heterocycles. The number of benzene rings is 1. The van der Waals surface area contributed by atoms with Crippen LogP contribution in [0.1, 0.15) is 44.7 Å². The van der Waals surface area contributed by atoms with Crippen molar-refractivity contribution in [1.82, 2.24) is 5.32 Å². The average Bonchev–Trinajstić information content (AvgIpc) is 2.24. The van der Waals surface area contributed by atoms with Crippen molar-refractivity contribution in [2.75, 3.05) is 6.54 Å². The summed E-state index contributed by atoms with van der Waals surface area (Å²) < 4.78 is 5.19. The van der Waals surface area contributed by atoms with Gasteiger partial charge in [0.1, 0.15) is 5.60 Å². The fourth-order valence-electron chi connectivity index (χ4n) is 1.56. The van der Waals surface area contributed by atoms with Crippen molar-refractivity contribution in [3.8, 4) is 0 Å². The average molecular weight is 249 g/mol. The van der Waals surface area contributed by atoms with Gasteiger partial charge in [0.2, 0.25) is 0 Å². The lowest BCUT2D eigenvalue weighted by Crippen LogP contribution is -2.34. The Kier molecular flexibility index (Phi) is 4.76. The molecular weight excluding hydrogens is 226 g/mol. The normalized spacial score (nSPS) is 12.9. The third-order valence-electron chi connectivity index (χ3n) is 2.60. The number of aryl methyl sites for hydroxylation is 1. The van der Waals surface area contributed by atoms with Crippen LogP contribution in [0.3, 0.4) is 0 Å². The SMILES string of the molecule is Cc1ccc([C@H](C)CNC(=O)OC(C)(C)C)cc1. The number of alkyl carbamates (subject to hydrolysis) is 1. The molecule has 0 bridgehead atoms. The molecule has 1 N–H and O–H groups in total. The molecule has 0 aliphatic rings. The minimum absolute atomic E-state index is 0.276. The van der Waals surface area contributed by atoms with Crippen molar-refractivity contribution in [2.24, 2.45) is 0 Å². The Balaban J connectivity index is 2.44. The first-order chi connectivity index (χ1) is 8.28. The fourth-order valence-corrected chi connectivity index (χ4v) is 1.56. The largest absolute Gasteiger partial charge is 0.444 e. The molecule has 0 unspecified atom stereocenters. The highest BCUT2D eigenvalue weighted by atomic mass is 16.6. The molecule has 0 heterocycles. The quantitative estimate of drug-likeness (QED) is 0.888. The number of amides is 1. The summed E-state index contributed by atoms with van der Waals surface area (Å²) in [5.74, 6) is 0.276. The molecule has 3 nitrogen and oxygen atoms in total. The van der Waals surface area contributed by atoms with Crippen LogP contribution < -0.4 is 5.32 Å². The number of nitrogens with one attached hydrogen (secondary N) is 1. The van der Waals surface area contributed by atoms with Gasteiger partial charge in [-0.1, -0.05) is 36.8 Å². The number of hydrogen-bond donors (Lipinski definition) is 1. The maximum atomic E-state index is 11.5. The second-order valence-corrected chi connectivity index (χ2v) is 5.69. The van der Waals surface area contributed by atoms with Crippen LogP contribution in [-0.2, 0) is 4.74 Å². The van der Waals surface area contributed by atoms with Gasteiger partial charge in [0.05, 0.1) is 0 Å². The zero-order valence-electron chi connectivity index (χ0n) is 11.9. The maximum absolute atomic E-state index is 11.5. The van der Waals surface area contributed by atoms with Crippen LogP contribution >= 0.6 is 0 Å². The van der Waals surface area contributed by atoms with Crippen molar-refractivity contribution < 1.29 is 9.53 Å². The summed E-state index contributed by atoms with van der Waals surface area (Å²) in [4.78, 5) is 11.5. The van der Waals surface area contributed by atoms with Crippen molar-refractivity contribution in [3.05, 3.63) is 35.4 Å². The van der Waals surface area contributed by atoms with E-state index in [1.807, 2.05) is 20.8 Å². The van der Waals surface area contributed by atoms with Gasteiger partial charge in [-0.05, 0) is 39.2 Å². The Hall–Kier alpha value is -1.51. The third kappa shape index (κ3) is 5.21. The zero-order chi connectivity index (χ0) is 13.8. The van der Waals surface area contributed by atoms with Gasteiger partial charge >= 0.3 is 6.09 Å². The molecule has 18 heavy (non-hydrogen) atoms. The number of carbonyl (C=O) groups excluding carboxylic acids is 1. The van der Waals surface area contributed by atoms with Crippen LogP contribution in [0.25, 0.3) is 0 Å². The first-order valence-corrected chi connectivity index (χ1v) is 6.31. The van der Waals surface area contributed by atoms with E-state index in [9.17, 15) is 4.79 Å². The molecule has 0 saturated carbocycles. The summed E-state index contributed by atoms with van der Waals surface area (Å²) in [7, 11) is 0. The van der Waals surface area contributed by atoms with Crippen LogP contribution in [0.5, 0.6) is 0 Å². The zero-order valence-corrected chi connectivity index (χ0v) is 11.9. The van der Waals surface area contributed by atoms with Crippen LogP contribution in [0.2, 0.25) is 0 Å². The van der Waals surface area contributed by atoms with Gasteiger partial charge in [0.25, 0.3) is 0 Å². The summed E-state index contributed by atoms with van der Waals surface area (Å²) in [5, 5.41) is 2.79. The Bertz CT molecular complexity index is 390. The third-order valence-corrected chi connectivity index (χ3v) is 2.60. The Morgan fingerprint density at radius 1 is 1.28 bits per heavy atom. The molecule has 3 heteroatoms. The molecule has 0 aliphatic heterocycles. The Morgan fingerprint density at radius 2 is 1.83 bits per heavy atom. The number of hydrogen-bond acceptors (Lipinski definition) is 2. The molecule has 1 atom stereocenters. The minimum Gasteiger partial charge on any atom is -0.444 e. The monoisotopic (exact) mass is 249 g/mol. The topological polar surface area (TPSA) is 38.3 Å². The number of ether oxygens (including phenoxy) is 1. The minimum atomic E-state index is -0.447. The number of carbonyl (C=O) groups is 1. The van der Waals surface area contributed by atoms with Crippen LogP contribution in [0, 0.1) is 6.92 Å². The summed E-state index contributed by atoms with van der Waals surface area (Å²) in [6.45, 7) is 10.3. The highest BCUT2D eigenvalue weighted by Gasteiger charge is 2.16. The standard InChI is InChI=1S/C15H23NO2/c1-11-6-8-13(9-7-11)12(2)10-16-14(17)18-15(3,4)5/h6-9,12H,10H2,1-5H3,(H,16,17)/t12-/m1/s1. The molecule has 1 amide bonds. The van der Waals surface area contributed by atoms with Crippen LogP contribution in [0.4, 0.5) is 4.79 Å². The first kappa shape index (κ1) is 14.6. The lowest BCUT2D eigenvalue weighted by Gasteiger charge is -2.21. The molecule has 0 aromatic heterocycles. The van der Waals surface area contributed by atoms with Gasteiger partial charge in [-0.25, -0.2) is 4.79 Å². The molecule has 100 valence electrons. The lowest BCUT2D eigenvalue weighted by atomic mass is 10.0. The highest BCUT2D eigenvalue weighted by molar-refractivity contribution is 5.67. The molecule has 1 aromatic rings. The van der Waals surface area contributed by atoms with Gasteiger partial charge in [0.15, 0.2) is 0 Å². The van der Waals surface area contributed by atoms with Gasteiger partial charge in [-0.2, -0.15) is 0 Å². The van der Waals surface area contributed by atoms with E-state index < -0.39 is 5.60 Å². The van der Waals surface area contributed by atoms with Crippen molar-refractivity contribution in [1.29, 1.82) is 0 Å². The Labute approximate surface area is 110 Å². The molecule has 0 radical (unpaired) electrons. The van der Waals surface area contributed by atoms with Gasteiger partial charge in [-0.3, -0.25) is 0 Å². The second-order valence-electron chi connectivity index (χ2n) is 5.69. The summed E-state index contributed by atoms with van der Waals surface area (Å²) in [6, 6.07) is 8.35. The predicted molar refractivity (Wildman–Crippen MR) is 73.8 cm³/mol. The predicted octanol–water partition coefficient (Wildman–Crippen LogP) is 3.62. The molecule has 1 aromatic carbocycles. The maximum Gasteiger partial charge on any atom is 0.407 e. The van der Waals surface area contributed by atoms with E-state index in [4.69, 9.17) is 4.74 Å². The van der Waals surface area contributed by atoms with E-state index in [1.165, 1.54) is 11.1 Å². The van der Waals surface area contributed by atoms with E-state index in [0.717, 1.165) is 0 Å². The van der Waals surface area contributed by atoms with Gasteiger partial charge in [0, 0.05) is 6.54 Å². The fraction of sp³-hybridized carbons (Fsp3) is 0.533. The molecule has 0 spiro atoms. The summed E-state index contributed by atoms with van der Waals surface area (Å²) in [5.41, 5.74) is 2.01. The summed E-state index contributed by atoms with van der Waals surface area (Å²) in [6.07, 6.45) is -0.360. The van der Waals surface area contributed by atoms with Crippen LogP contribution in [-0.4, -0.2) is 18.2 Å². The lowest BCUT2D eigenvalue weighted by molar-refractivity contribution is 0.0525. The van der Waals surface area contributed by atoms with E-state index >= 15 is 0 Å². The summed E-state index contributed by atoms with van der Waals surface area (Å²) >= 11 is 0. The van der Waals surface area contributed by atoms with Gasteiger partial charge in [-0.15, -0.1) is 0 Å². The van der Waals surface area contributed by atoms with Crippen molar-refractivity contribution in [2.45, 2.75) is 46.1 Å². The second kappa shape index (κ2) is 5.89. The van der Waals surface area contributed by atoms with E-state index in [2.05, 4.69) is 43.4 Å². The highest BCUT2D eigenvalue weighted by Crippen LogP contribution is 2.15. The molecule has 1 rings (SSSR count). The Morgan fingerprint density at radius 3 is 2.33 bits per heavy atom. The van der Waals surface area contributed by atoms with E-state index in [0.29, 0.717) is 6.54 Å².